The van der Waals surface area contributed by atoms with Crippen molar-refractivity contribution in [2.24, 2.45) is 0 Å². The predicted octanol–water partition coefficient (Wildman–Crippen LogP) is 1.84. The second-order valence-corrected chi connectivity index (χ2v) is 4.99. The largest absolute Gasteiger partial charge is 0.478 e. The number of carboxylic acids is 1. The van der Waals surface area contributed by atoms with E-state index < -0.39 is 5.97 Å². The topological polar surface area (TPSA) is 78.4 Å². The fourth-order valence-electron chi connectivity index (χ4n) is 1.90. The molecule has 1 aliphatic rings. The maximum absolute atomic E-state index is 11.8. The molecule has 0 aliphatic carbocycles. The lowest BCUT2D eigenvalue weighted by Crippen LogP contribution is -2.35. The number of nitrogens with one attached hydrogen (secondary N) is 2. The van der Waals surface area contributed by atoms with Crippen LogP contribution >= 0.6 is 15.9 Å². The van der Waals surface area contributed by atoms with Crippen LogP contribution in [0, 0.1) is 0 Å². The molecule has 1 aromatic rings. The Morgan fingerprint density at radius 2 is 2.22 bits per heavy atom. The number of benzene rings is 1. The van der Waals surface area contributed by atoms with Crippen LogP contribution in [0.25, 0.3) is 0 Å². The second-order valence-electron chi connectivity index (χ2n) is 4.14. The van der Waals surface area contributed by atoms with E-state index in [1.807, 2.05) is 0 Å². The molecule has 1 aromatic carbocycles. The molecule has 0 spiro atoms. The normalized spacial score (nSPS) is 18.6. The fourth-order valence-corrected chi connectivity index (χ4v) is 2.32. The van der Waals surface area contributed by atoms with Crippen LogP contribution in [0.15, 0.2) is 22.7 Å². The Bertz CT molecular complexity index is 484. The maximum Gasteiger partial charge on any atom is 0.336 e. The van der Waals surface area contributed by atoms with E-state index in [-0.39, 0.29) is 17.5 Å². The molecule has 0 unspecified atom stereocenters. The quantitative estimate of drug-likeness (QED) is 0.795. The van der Waals surface area contributed by atoms with E-state index in [0.717, 1.165) is 19.4 Å². The van der Waals surface area contributed by atoms with E-state index in [0.29, 0.717) is 10.2 Å². The van der Waals surface area contributed by atoms with Gasteiger partial charge in [0.1, 0.15) is 0 Å². The third kappa shape index (κ3) is 2.88. The Morgan fingerprint density at radius 1 is 1.44 bits per heavy atom. The molecule has 3 N–H and O–H groups in total. The Kier molecular flexibility index (Phi) is 3.98. The minimum absolute atomic E-state index is 0.119. The van der Waals surface area contributed by atoms with E-state index in [1.54, 1.807) is 12.1 Å². The zero-order valence-corrected chi connectivity index (χ0v) is 11.2. The van der Waals surface area contributed by atoms with Gasteiger partial charge in [-0.3, -0.25) is 4.79 Å². The summed E-state index contributed by atoms with van der Waals surface area (Å²) in [4.78, 5) is 22.8. The van der Waals surface area contributed by atoms with Gasteiger partial charge in [-0.15, -0.1) is 0 Å². The predicted molar refractivity (Wildman–Crippen MR) is 70.8 cm³/mol. The van der Waals surface area contributed by atoms with Crippen molar-refractivity contribution in [2.75, 3.05) is 11.9 Å². The van der Waals surface area contributed by atoms with Crippen LogP contribution in [0.5, 0.6) is 0 Å². The Labute approximate surface area is 113 Å². The van der Waals surface area contributed by atoms with Gasteiger partial charge in [0.15, 0.2) is 0 Å². The van der Waals surface area contributed by atoms with Crippen LogP contribution in [0.2, 0.25) is 0 Å². The molecule has 6 heteroatoms. The molecule has 0 saturated carbocycles. The van der Waals surface area contributed by atoms with Gasteiger partial charge >= 0.3 is 5.97 Å². The average Bonchev–Trinajstić information content (AvgIpc) is 2.85. The number of aromatic carboxylic acids is 1. The van der Waals surface area contributed by atoms with Gasteiger partial charge in [0, 0.05) is 10.2 Å². The highest BCUT2D eigenvalue weighted by Gasteiger charge is 2.22. The molecule has 2 rings (SSSR count). The molecule has 0 radical (unpaired) electrons. The number of rotatable bonds is 3. The van der Waals surface area contributed by atoms with E-state index in [2.05, 4.69) is 26.6 Å². The number of anilines is 1. The summed E-state index contributed by atoms with van der Waals surface area (Å²) in [5, 5.41) is 14.8. The van der Waals surface area contributed by atoms with Crippen LogP contribution in [-0.2, 0) is 4.79 Å². The van der Waals surface area contributed by atoms with Crippen LogP contribution in [0.1, 0.15) is 23.2 Å². The summed E-state index contributed by atoms with van der Waals surface area (Å²) in [5.41, 5.74) is 0.626. The molecule has 1 amide bonds. The van der Waals surface area contributed by atoms with E-state index in [1.165, 1.54) is 6.07 Å². The fraction of sp³-hybridized carbons (Fsp3) is 0.333. The monoisotopic (exact) mass is 312 g/mol. The van der Waals surface area contributed by atoms with Crippen molar-refractivity contribution in [3.63, 3.8) is 0 Å². The first-order chi connectivity index (χ1) is 8.58. The van der Waals surface area contributed by atoms with Crippen molar-refractivity contribution >= 4 is 33.5 Å². The highest BCUT2D eigenvalue weighted by Crippen LogP contribution is 2.21. The van der Waals surface area contributed by atoms with E-state index in [9.17, 15) is 9.59 Å². The number of halogens is 1. The van der Waals surface area contributed by atoms with Crippen LogP contribution in [-0.4, -0.2) is 29.6 Å². The molecule has 18 heavy (non-hydrogen) atoms. The molecule has 1 saturated heterocycles. The van der Waals surface area contributed by atoms with Gasteiger partial charge in [0.25, 0.3) is 0 Å². The first-order valence-corrected chi connectivity index (χ1v) is 6.44. The molecule has 1 heterocycles. The third-order valence-corrected chi connectivity index (χ3v) is 3.53. The number of carboxylic acid groups (broad SMARTS) is 1. The molecule has 5 nitrogen and oxygen atoms in total. The maximum atomic E-state index is 11.8. The lowest BCUT2D eigenvalue weighted by atomic mass is 10.2. The standard InChI is InChI=1S/C12H13BrN2O3/c13-9-4-3-7(6-8(9)12(17)18)15-11(16)10-2-1-5-14-10/h3-4,6,10,14H,1-2,5H2,(H,15,16)(H,17,18)/t10-/m0/s1. The molecule has 1 aliphatic heterocycles. The minimum Gasteiger partial charge on any atom is -0.478 e. The molecular weight excluding hydrogens is 300 g/mol. The highest BCUT2D eigenvalue weighted by molar-refractivity contribution is 9.10. The number of carbonyl (C=O) groups excluding carboxylic acids is 1. The van der Waals surface area contributed by atoms with Crippen molar-refractivity contribution in [1.29, 1.82) is 0 Å². The summed E-state index contributed by atoms with van der Waals surface area (Å²) in [6, 6.07) is 4.55. The average molecular weight is 313 g/mol. The van der Waals surface area contributed by atoms with Gasteiger partial charge < -0.3 is 15.7 Å². The molecule has 0 aromatic heterocycles. The second kappa shape index (κ2) is 5.49. The lowest BCUT2D eigenvalue weighted by molar-refractivity contribution is -0.117. The smallest absolute Gasteiger partial charge is 0.336 e. The number of hydrogen-bond donors (Lipinski definition) is 3. The van der Waals surface area contributed by atoms with Crippen molar-refractivity contribution in [3.8, 4) is 0 Å². The number of hydrogen-bond acceptors (Lipinski definition) is 3. The number of carbonyl (C=O) groups is 2. The summed E-state index contributed by atoms with van der Waals surface area (Å²) in [6.45, 7) is 0.846. The zero-order chi connectivity index (χ0) is 13.1. The van der Waals surface area contributed by atoms with Gasteiger partial charge in [-0.25, -0.2) is 4.79 Å². The van der Waals surface area contributed by atoms with Crippen LogP contribution < -0.4 is 10.6 Å². The van der Waals surface area contributed by atoms with E-state index >= 15 is 0 Å². The first-order valence-electron chi connectivity index (χ1n) is 5.65. The summed E-state index contributed by atoms with van der Waals surface area (Å²) < 4.78 is 0.493. The Morgan fingerprint density at radius 3 is 2.83 bits per heavy atom. The molecule has 0 bridgehead atoms. The van der Waals surface area contributed by atoms with Crippen molar-refractivity contribution in [2.45, 2.75) is 18.9 Å². The van der Waals surface area contributed by atoms with Crippen LogP contribution in [0.3, 0.4) is 0 Å². The molecular formula is C12H13BrN2O3. The minimum atomic E-state index is -1.03. The summed E-state index contributed by atoms with van der Waals surface area (Å²) in [7, 11) is 0. The van der Waals surface area contributed by atoms with Crippen molar-refractivity contribution in [1.82, 2.24) is 5.32 Å². The summed E-state index contributed by atoms with van der Waals surface area (Å²) in [5.74, 6) is -1.15. The van der Waals surface area contributed by atoms with Gasteiger partial charge in [0.2, 0.25) is 5.91 Å². The molecule has 96 valence electrons. The van der Waals surface area contributed by atoms with Gasteiger partial charge in [-0.1, -0.05) is 0 Å². The SMILES string of the molecule is O=C(O)c1cc(NC(=O)[C@@H]2CCCN2)ccc1Br. The summed E-state index contributed by atoms with van der Waals surface area (Å²) >= 11 is 3.16. The molecule has 1 atom stereocenters. The van der Waals surface area contributed by atoms with Gasteiger partial charge in [0.05, 0.1) is 11.6 Å². The van der Waals surface area contributed by atoms with Crippen molar-refractivity contribution < 1.29 is 14.7 Å². The lowest BCUT2D eigenvalue weighted by Gasteiger charge is -2.11. The molecule has 1 fully saturated rings. The van der Waals surface area contributed by atoms with Crippen molar-refractivity contribution in [3.05, 3.63) is 28.2 Å². The first kappa shape index (κ1) is 13.0. The van der Waals surface area contributed by atoms with E-state index in [4.69, 9.17) is 5.11 Å². The summed E-state index contributed by atoms with van der Waals surface area (Å²) in [6.07, 6.45) is 1.80. The zero-order valence-electron chi connectivity index (χ0n) is 9.57. The van der Waals surface area contributed by atoms with Crippen LogP contribution in [0.4, 0.5) is 5.69 Å². The van der Waals surface area contributed by atoms with Gasteiger partial charge in [-0.05, 0) is 53.5 Å². The highest BCUT2D eigenvalue weighted by atomic mass is 79.9. The third-order valence-electron chi connectivity index (χ3n) is 2.84. The Hall–Kier alpha value is -1.40. The van der Waals surface area contributed by atoms with Gasteiger partial charge in [-0.2, -0.15) is 0 Å². The number of amides is 1. The Balaban J connectivity index is 2.11.